The minimum Gasteiger partial charge on any atom is -0.380 e. The zero-order valence-corrected chi connectivity index (χ0v) is 13.5. The maximum Gasteiger partial charge on any atom is 0.0843 e. The highest BCUT2D eigenvalue weighted by atomic mass is 79.9. The first-order valence-electron chi connectivity index (χ1n) is 5.45. The van der Waals surface area contributed by atoms with Crippen LogP contribution < -0.4 is 5.32 Å². The Balaban J connectivity index is 2.01. The van der Waals surface area contributed by atoms with Gasteiger partial charge in [-0.2, -0.15) is 0 Å². The molecule has 0 aliphatic rings. The summed E-state index contributed by atoms with van der Waals surface area (Å²) in [5.74, 6) is 0. The van der Waals surface area contributed by atoms with E-state index in [0.717, 1.165) is 21.2 Å². The number of thiophene rings is 1. The lowest BCUT2D eigenvalue weighted by Crippen LogP contribution is -1.97. The number of hydrogen-bond donors (Lipinski definition) is 1. The molecule has 0 unspecified atom stereocenters. The fourth-order valence-electron chi connectivity index (χ4n) is 1.57. The molecule has 0 bridgehead atoms. The molecule has 1 heterocycles. The number of anilines is 1. The third-order valence-electron chi connectivity index (χ3n) is 2.50. The van der Waals surface area contributed by atoms with Gasteiger partial charge in [0.15, 0.2) is 0 Å². The van der Waals surface area contributed by atoms with Crippen LogP contribution in [-0.4, -0.2) is 0 Å². The van der Waals surface area contributed by atoms with Crippen molar-refractivity contribution >= 4 is 48.9 Å². The van der Waals surface area contributed by atoms with Crippen molar-refractivity contribution in [1.82, 2.24) is 0 Å². The fraction of sp³-hybridized carbons (Fsp3) is 0.231. The van der Waals surface area contributed by atoms with Crippen molar-refractivity contribution in [2.45, 2.75) is 19.9 Å². The second-order valence-corrected chi connectivity index (χ2v) is 7.05. The Hall–Kier alpha value is -0.320. The van der Waals surface area contributed by atoms with Gasteiger partial charge in [-0.3, -0.25) is 0 Å². The molecule has 4 heteroatoms. The molecule has 0 aliphatic carbocycles. The topological polar surface area (TPSA) is 12.0 Å². The van der Waals surface area contributed by atoms with Gasteiger partial charge in [0.05, 0.1) is 3.79 Å². The van der Waals surface area contributed by atoms with E-state index >= 15 is 0 Å². The van der Waals surface area contributed by atoms with Crippen LogP contribution in [0.1, 0.15) is 17.4 Å². The molecule has 1 N–H and O–H groups in total. The molecule has 90 valence electrons. The summed E-state index contributed by atoms with van der Waals surface area (Å²) in [4.78, 5) is 1.31. The van der Waals surface area contributed by atoms with Crippen LogP contribution >= 0.6 is 43.2 Å². The van der Waals surface area contributed by atoms with Crippen molar-refractivity contribution in [3.05, 3.63) is 49.0 Å². The van der Waals surface area contributed by atoms with E-state index in [2.05, 4.69) is 74.4 Å². The van der Waals surface area contributed by atoms with E-state index in [-0.39, 0.29) is 0 Å². The van der Waals surface area contributed by atoms with Gasteiger partial charge in [-0.25, -0.2) is 0 Å². The van der Waals surface area contributed by atoms with Crippen LogP contribution in [0.2, 0.25) is 0 Å². The van der Waals surface area contributed by atoms with Gasteiger partial charge in [-0.05, 0) is 62.0 Å². The normalized spacial score (nSPS) is 10.5. The summed E-state index contributed by atoms with van der Waals surface area (Å²) in [6, 6.07) is 10.7. The minimum absolute atomic E-state index is 0.863. The quantitative estimate of drug-likeness (QED) is 0.750. The molecule has 1 aromatic carbocycles. The average molecular weight is 375 g/mol. The van der Waals surface area contributed by atoms with Crippen LogP contribution in [0.5, 0.6) is 0 Å². The highest BCUT2D eigenvalue weighted by Crippen LogP contribution is 2.32. The minimum atomic E-state index is 0.863. The van der Waals surface area contributed by atoms with Crippen LogP contribution in [0, 0.1) is 0 Å². The molecule has 0 saturated heterocycles. The van der Waals surface area contributed by atoms with Crippen molar-refractivity contribution in [1.29, 1.82) is 0 Å². The summed E-state index contributed by atoms with van der Waals surface area (Å²) >= 11 is 8.76. The molecule has 1 aromatic heterocycles. The first-order valence-corrected chi connectivity index (χ1v) is 7.86. The molecule has 2 rings (SSSR count). The van der Waals surface area contributed by atoms with Gasteiger partial charge in [0, 0.05) is 21.6 Å². The summed E-state index contributed by atoms with van der Waals surface area (Å²) < 4.78 is 2.28. The second kappa shape index (κ2) is 6.03. The Bertz CT molecular complexity index is 488. The SMILES string of the molecule is CCc1cccc(NCc2cc(Br)c(Br)s2)c1. The molecule has 0 saturated carbocycles. The second-order valence-electron chi connectivity index (χ2n) is 3.74. The van der Waals surface area contributed by atoms with Crippen molar-refractivity contribution in [3.8, 4) is 0 Å². The van der Waals surface area contributed by atoms with Crippen LogP contribution in [0.15, 0.2) is 38.6 Å². The van der Waals surface area contributed by atoms with Crippen molar-refractivity contribution < 1.29 is 0 Å². The number of halogens is 2. The number of hydrogen-bond acceptors (Lipinski definition) is 2. The Labute approximate surface area is 123 Å². The molecule has 0 fully saturated rings. The van der Waals surface area contributed by atoms with Crippen LogP contribution in [0.25, 0.3) is 0 Å². The Morgan fingerprint density at radius 1 is 1.24 bits per heavy atom. The van der Waals surface area contributed by atoms with Gasteiger partial charge >= 0.3 is 0 Å². The highest BCUT2D eigenvalue weighted by molar-refractivity contribution is 9.13. The summed E-state index contributed by atoms with van der Waals surface area (Å²) in [5, 5.41) is 3.44. The van der Waals surface area contributed by atoms with E-state index in [4.69, 9.17) is 0 Å². The van der Waals surface area contributed by atoms with Gasteiger partial charge < -0.3 is 5.32 Å². The molecule has 0 radical (unpaired) electrons. The molecule has 0 atom stereocenters. The summed E-state index contributed by atoms with van der Waals surface area (Å²) in [7, 11) is 0. The smallest absolute Gasteiger partial charge is 0.0843 e. The van der Waals surface area contributed by atoms with E-state index in [1.807, 2.05) is 0 Å². The Morgan fingerprint density at radius 2 is 2.06 bits per heavy atom. The maximum atomic E-state index is 3.51. The summed E-state index contributed by atoms with van der Waals surface area (Å²) in [6.07, 6.45) is 1.08. The van der Waals surface area contributed by atoms with E-state index in [9.17, 15) is 0 Å². The van der Waals surface area contributed by atoms with E-state index in [0.29, 0.717) is 0 Å². The number of nitrogens with one attached hydrogen (secondary N) is 1. The van der Waals surface area contributed by atoms with Gasteiger partial charge in [0.2, 0.25) is 0 Å². The monoisotopic (exact) mass is 373 g/mol. The van der Waals surface area contributed by atoms with Gasteiger partial charge in [0.25, 0.3) is 0 Å². The number of rotatable bonds is 4. The van der Waals surface area contributed by atoms with Crippen LogP contribution in [-0.2, 0) is 13.0 Å². The zero-order chi connectivity index (χ0) is 12.3. The highest BCUT2D eigenvalue weighted by Gasteiger charge is 2.03. The maximum absolute atomic E-state index is 3.51. The lowest BCUT2D eigenvalue weighted by atomic mass is 10.1. The lowest BCUT2D eigenvalue weighted by molar-refractivity contribution is 1.13. The zero-order valence-electron chi connectivity index (χ0n) is 9.47. The molecule has 0 spiro atoms. The van der Waals surface area contributed by atoms with Crippen molar-refractivity contribution in [2.24, 2.45) is 0 Å². The average Bonchev–Trinajstić information content (AvgIpc) is 2.67. The van der Waals surface area contributed by atoms with E-state index in [1.165, 1.54) is 16.1 Å². The molecule has 0 amide bonds. The third kappa shape index (κ3) is 3.57. The Morgan fingerprint density at radius 3 is 2.71 bits per heavy atom. The van der Waals surface area contributed by atoms with Gasteiger partial charge in [0.1, 0.15) is 0 Å². The molecule has 17 heavy (non-hydrogen) atoms. The number of benzene rings is 1. The predicted octanol–water partition coefficient (Wildman–Crippen LogP) is 5.45. The molecular formula is C13H13Br2NS. The summed E-state index contributed by atoms with van der Waals surface area (Å²) in [5.41, 5.74) is 2.55. The van der Waals surface area contributed by atoms with Crippen molar-refractivity contribution in [3.63, 3.8) is 0 Å². The number of aryl methyl sites for hydroxylation is 1. The van der Waals surface area contributed by atoms with Crippen LogP contribution in [0.3, 0.4) is 0 Å². The van der Waals surface area contributed by atoms with Gasteiger partial charge in [-0.1, -0.05) is 19.1 Å². The summed E-state index contributed by atoms with van der Waals surface area (Å²) in [6.45, 7) is 3.04. The molecule has 0 aliphatic heterocycles. The standard InChI is InChI=1S/C13H13Br2NS/c1-2-9-4-3-5-10(6-9)16-8-11-7-12(14)13(15)17-11/h3-7,16H,2,8H2,1H3. The van der Waals surface area contributed by atoms with E-state index < -0.39 is 0 Å². The van der Waals surface area contributed by atoms with E-state index in [1.54, 1.807) is 11.3 Å². The first-order chi connectivity index (χ1) is 8.19. The van der Waals surface area contributed by atoms with Gasteiger partial charge in [-0.15, -0.1) is 11.3 Å². The lowest BCUT2D eigenvalue weighted by Gasteiger charge is -2.06. The van der Waals surface area contributed by atoms with Crippen LogP contribution in [0.4, 0.5) is 5.69 Å². The molecular weight excluding hydrogens is 362 g/mol. The van der Waals surface area contributed by atoms with Crippen molar-refractivity contribution in [2.75, 3.05) is 5.32 Å². The Kier molecular flexibility index (Phi) is 4.65. The largest absolute Gasteiger partial charge is 0.380 e. The first kappa shape index (κ1) is 13.1. The third-order valence-corrected chi connectivity index (χ3v) is 5.75. The molecule has 2 aromatic rings. The molecule has 1 nitrogen and oxygen atoms in total. The predicted molar refractivity (Wildman–Crippen MR) is 82.9 cm³/mol. The fourth-order valence-corrected chi connectivity index (χ4v) is 3.69.